The minimum absolute atomic E-state index is 0.319. The predicted molar refractivity (Wildman–Crippen MR) is 89.4 cm³/mol. The van der Waals surface area contributed by atoms with Crippen molar-refractivity contribution in [2.45, 2.75) is 39.2 Å². The molecule has 1 aliphatic carbocycles. The number of hydrogen-bond donors (Lipinski definition) is 1. The normalized spacial score (nSPS) is 14.9. The van der Waals surface area contributed by atoms with Gasteiger partial charge in [-0.25, -0.2) is 0 Å². The highest BCUT2D eigenvalue weighted by Crippen LogP contribution is 2.30. The average molecular weight is 330 g/mol. The lowest BCUT2D eigenvalue weighted by atomic mass is 10.0. The molecular formula is C18H20BrN. The van der Waals surface area contributed by atoms with Gasteiger partial charge >= 0.3 is 0 Å². The summed E-state index contributed by atoms with van der Waals surface area (Å²) in [5.74, 6) is 0. The van der Waals surface area contributed by atoms with Crippen LogP contribution in [0.1, 0.15) is 41.6 Å². The molecule has 20 heavy (non-hydrogen) atoms. The van der Waals surface area contributed by atoms with Gasteiger partial charge in [-0.1, -0.05) is 24.3 Å². The molecule has 0 bridgehead atoms. The van der Waals surface area contributed by atoms with E-state index in [1.165, 1.54) is 36.0 Å². The van der Waals surface area contributed by atoms with Crippen molar-refractivity contribution < 1.29 is 0 Å². The number of nitrogens with one attached hydrogen (secondary N) is 1. The van der Waals surface area contributed by atoms with E-state index in [4.69, 9.17) is 0 Å². The van der Waals surface area contributed by atoms with Gasteiger partial charge in [-0.2, -0.15) is 0 Å². The van der Waals surface area contributed by atoms with Gasteiger partial charge in [0.25, 0.3) is 0 Å². The van der Waals surface area contributed by atoms with Crippen molar-refractivity contribution in [1.82, 2.24) is 0 Å². The summed E-state index contributed by atoms with van der Waals surface area (Å²) in [6.45, 7) is 4.33. The molecule has 0 aliphatic heterocycles. The first kappa shape index (κ1) is 13.7. The first-order valence-electron chi connectivity index (χ1n) is 7.28. The number of hydrogen-bond acceptors (Lipinski definition) is 1. The molecule has 0 spiro atoms. The van der Waals surface area contributed by atoms with Gasteiger partial charge in [0, 0.05) is 16.2 Å². The fourth-order valence-electron chi connectivity index (χ4n) is 2.91. The number of benzene rings is 2. The summed E-state index contributed by atoms with van der Waals surface area (Å²) in [6, 6.07) is 13.7. The Kier molecular flexibility index (Phi) is 3.84. The molecule has 1 nitrogen and oxygen atoms in total. The summed E-state index contributed by atoms with van der Waals surface area (Å²) in [7, 11) is 0. The van der Waals surface area contributed by atoms with Crippen molar-refractivity contribution in [3.8, 4) is 0 Å². The van der Waals surface area contributed by atoms with Crippen LogP contribution in [0, 0.1) is 6.92 Å². The Morgan fingerprint density at radius 2 is 1.85 bits per heavy atom. The van der Waals surface area contributed by atoms with Gasteiger partial charge in [0.1, 0.15) is 0 Å². The molecule has 2 aromatic carbocycles. The zero-order valence-corrected chi connectivity index (χ0v) is 13.6. The van der Waals surface area contributed by atoms with Crippen molar-refractivity contribution in [3.63, 3.8) is 0 Å². The molecule has 1 unspecified atom stereocenters. The monoisotopic (exact) mass is 329 g/mol. The molecule has 0 saturated heterocycles. The molecule has 0 saturated carbocycles. The third-order valence-electron chi connectivity index (χ3n) is 4.12. The highest BCUT2D eigenvalue weighted by atomic mass is 79.9. The summed E-state index contributed by atoms with van der Waals surface area (Å²) >= 11 is 3.64. The molecule has 3 rings (SSSR count). The van der Waals surface area contributed by atoms with Crippen LogP contribution in [0.3, 0.4) is 0 Å². The Balaban J connectivity index is 1.80. The number of aryl methyl sites for hydroxylation is 3. The van der Waals surface area contributed by atoms with Crippen LogP contribution in [0.4, 0.5) is 5.69 Å². The molecule has 1 N–H and O–H groups in total. The van der Waals surface area contributed by atoms with E-state index in [-0.39, 0.29) is 0 Å². The molecule has 104 valence electrons. The summed E-state index contributed by atoms with van der Waals surface area (Å²) in [6.07, 6.45) is 3.80. The second-order valence-electron chi connectivity index (χ2n) is 5.73. The van der Waals surface area contributed by atoms with Crippen LogP contribution >= 0.6 is 15.9 Å². The molecule has 0 radical (unpaired) electrons. The summed E-state index contributed by atoms with van der Waals surface area (Å²) in [5, 5.41) is 3.60. The Bertz CT molecular complexity index is 633. The van der Waals surface area contributed by atoms with Crippen LogP contribution in [0.2, 0.25) is 0 Å². The Morgan fingerprint density at radius 3 is 2.65 bits per heavy atom. The molecule has 1 aliphatic rings. The van der Waals surface area contributed by atoms with E-state index >= 15 is 0 Å². The lowest BCUT2D eigenvalue weighted by Crippen LogP contribution is -2.07. The SMILES string of the molecule is Cc1ccc(NC(C)c2ccc3c(c2)CCC3)c(Br)c1. The minimum Gasteiger partial charge on any atom is -0.378 e. The van der Waals surface area contributed by atoms with Crippen LogP contribution in [0.25, 0.3) is 0 Å². The maximum atomic E-state index is 3.64. The quantitative estimate of drug-likeness (QED) is 0.792. The van der Waals surface area contributed by atoms with Gasteiger partial charge in [-0.05, 0) is 83.4 Å². The molecule has 0 fully saturated rings. The molecular weight excluding hydrogens is 310 g/mol. The van der Waals surface area contributed by atoms with E-state index in [2.05, 4.69) is 71.5 Å². The van der Waals surface area contributed by atoms with Crippen molar-refractivity contribution in [2.75, 3.05) is 5.32 Å². The van der Waals surface area contributed by atoms with E-state index in [1.807, 2.05) is 0 Å². The number of rotatable bonds is 3. The molecule has 0 heterocycles. The minimum atomic E-state index is 0.319. The van der Waals surface area contributed by atoms with Crippen LogP contribution < -0.4 is 5.32 Å². The maximum absolute atomic E-state index is 3.64. The number of halogens is 1. The third-order valence-corrected chi connectivity index (χ3v) is 4.78. The second-order valence-corrected chi connectivity index (χ2v) is 6.59. The van der Waals surface area contributed by atoms with Gasteiger partial charge in [0.15, 0.2) is 0 Å². The molecule has 1 atom stereocenters. The standard InChI is InChI=1S/C18H20BrN/c1-12-6-9-18(17(19)10-12)20-13(2)15-8-7-14-4-3-5-16(14)11-15/h6-11,13,20H,3-5H2,1-2H3. The largest absolute Gasteiger partial charge is 0.378 e. The fourth-order valence-corrected chi connectivity index (χ4v) is 3.52. The third kappa shape index (κ3) is 2.76. The molecule has 2 aromatic rings. The van der Waals surface area contributed by atoms with Gasteiger partial charge in [-0.15, -0.1) is 0 Å². The van der Waals surface area contributed by atoms with Gasteiger partial charge in [0.2, 0.25) is 0 Å². The van der Waals surface area contributed by atoms with Crippen LogP contribution in [0.15, 0.2) is 40.9 Å². The summed E-state index contributed by atoms with van der Waals surface area (Å²) < 4.78 is 1.13. The predicted octanol–water partition coefficient (Wildman–Crippen LogP) is 5.42. The maximum Gasteiger partial charge on any atom is 0.0489 e. The van der Waals surface area contributed by atoms with Gasteiger partial charge in [0.05, 0.1) is 0 Å². The lowest BCUT2D eigenvalue weighted by molar-refractivity contribution is 0.878. The fraction of sp³-hybridized carbons (Fsp3) is 0.333. The Morgan fingerprint density at radius 1 is 1.05 bits per heavy atom. The van der Waals surface area contributed by atoms with E-state index in [1.54, 1.807) is 5.56 Å². The second kappa shape index (κ2) is 5.61. The van der Waals surface area contributed by atoms with Crippen molar-refractivity contribution >= 4 is 21.6 Å². The Hall–Kier alpha value is -1.28. The average Bonchev–Trinajstić information content (AvgIpc) is 2.89. The molecule has 0 amide bonds. The zero-order chi connectivity index (χ0) is 14.1. The highest BCUT2D eigenvalue weighted by Gasteiger charge is 2.14. The van der Waals surface area contributed by atoms with Crippen LogP contribution in [0.5, 0.6) is 0 Å². The van der Waals surface area contributed by atoms with Crippen LogP contribution in [-0.4, -0.2) is 0 Å². The van der Waals surface area contributed by atoms with E-state index in [9.17, 15) is 0 Å². The van der Waals surface area contributed by atoms with E-state index < -0.39 is 0 Å². The van der Waals surface area contributed by atoms with Gasteiger partial charge < -0.3 is 5.32 Å². The number of fused-ring (bicyclic) bond motifs is 1. The topological polar surface area (TPSA) is 12.0 Å². The molecule has 2 heteroatoms. The van der Waals surface area contributed by atoms with Crippen molar-refractivity contribution in [3.05, 3.63) is 63.1 Å². The molecule has 0 aromatic heterocycles. The lowest BCUT2D eigenvalue weighted by Gasteiger charge is -2.18. The summed E-state index contributed by atoms with van der Waals surface area (Å²) in [5.41, 5.74) is 6.88. The van der Waals surface area contributed by atoms with Crippen LogP contribution in [-0.2, 0) is 12.8 Å². The van der Waals surface area contributed by atoms with Crippen molar-refractivity contribution in [1.29, 1.82) is 0 Å². The van der Waals surface area contributed by atoms with E-state index in [0.29, 0.717) is 6.04 Å². The highest BCUT2D eigenvalue weighted by molar-refractivity contribution is 9.10. The van der Waals surface area contributed by atoms with Gasteiger partial charge in [-0.3, -0.25) is 0 Å². The Labute approximate surface area is 129 Å². The van der Waals surface area contributed by atoms with Crippen molar-refractivity contribution in [2.24, 2.45) is 0 Å². The summed E-state index contributed by atoms with van der Waals surface area (Å²) in [4.78, 5) is 0. The first-order chi connectivity index (χ1) is 9.63. The smallest absolute Gasteiger partial charge is 0.0489 e. The zero-order valence-electron chi connectivity index (χ0n) is 12.0. The number of anilines is 1. The van der Waals surface area contributed by atoms with E-state index in [0.717, 1.165) is 10.2 Å². The first-order valence-corrected chi connectivity index (χ1v) is 8.07.